The molecule has 0 aliphatic carbocycles. The lowest BCUT2D eigenvalue weighted by molar-refractivity contribution is -0.118. The molecule has 5 heteroatoms. The second-order valence-electron chi connectivity index (χ2n) is 5.63. The number of nitrogens with one attached hydrogen (secondary N) is 1. The number of carbonyl (C=O) groups is 2. The van der Waals surface area contributed by atoms with Crippen LogP contribution in [0, 0.1) is 13.8 Å². The fraction of sp³-hybridized carbons (Fsp3) is 0.263. The second-order valence-corrected chi connectivity index (χ2v) is 5.63. The monoisotopic (exact) mass is 326 g/mol. The van der Waals surface area contributed by atoms with Crippen LogP contribution in [0.5, 0.6) is 5.75 Å². The van der Waals surface area contributed by atoms with E-state index < -0.39 is 0 Å². The number of nitrogens with two attached hydrogens (primary N) is 1. The van der Waals surface area contributed by atoms with Gasteiger partial charge < -0.3 is 15.8 Å². The fourth-order valence-electron chi connectivity index (χ4n) is 2.39. The number of amides is 1. The molecule has 0 unspecified atom stereocenters. The first-order valence-corrected chi connectivity index (χ1v) is 7.84. The van der Waals surface area contributed by atoms with Crippen LogP contribution in [0.3, 0.4) is 0 Å². The predicted octanol–water partition coefficient (Wildman–Crippen LogP) is 3.50. The van der Waals surface area contributed by atoms with Crippen molar-refractivity contribution in [3.8, 4) is 5.75 Å². The van der Waals surface area contributed by atoms with Gasteiger partial charge in [-0.15, -0.1) is 0 Å². The largest absolute Gasteiger partial charge is 0.482 e. The highest BCUT2D eigenvalue weighted by Crippen LogP contribution is 2.24. The molecule has 0 heterocycles. The zero-order valence-electron chi connectivity index (χ0n) is 14.2. The molecule has 1 amide bonds. The lowest BCUT2D eigenvalue weighted by atomic mass is 10.1. The van der Waals surface area contributed by atoms with E-state index >= 15 is 0 Å². The van der Waals surface area contributed by atoms with Crippen LogP contribution in [0.1, 0.15) is 34.8 Å². The van der Waals surface area contributed by atoms with E-state index in [4.69, 9.17) is 10.5 Å². The number of aryl methyl sites for hydroxylation is 2. The van der Waals surface area contributed by atoms with Gasteiger partial charge in [0.25, 0.3) is 5.91 Å². The molecule has 0 aromatic heterocycles. The molecule has 24 heavy (non-hydrogen) atoms. The standard InChI is InChI=1S/C19H22N2O3/c1-4-16(22)14-8-9-17(15(20)10-14)24-11-18(23)21-19-12(2)6-5-7-13(19)3/h5-10H,4,11,20H2,1-3H3,(H,21,23). The molecule has 2 rings (SSSR count). The van der Waals surface area contributed by atoms with Gasteiger partial charge in [0.15, 0.2) is 12.4 Å². The third kappa shape index (κ3) is 4.13. The highest BCUT2D eigenvalue weighted by molar-refractivity contribution is 5.97. The van der Waals surface area contributed by atoms with Crippen molar-refractivity contribution in [3.63, 3.8) is 0 Å². The summed E-state index contributed by atoms with van der Waals surface area (Å²) in [6.07, 6.45) is 0.415. The molecule has 126 valence electrons. The van der Waals surface area contributed by atoms with Gasteiger partial charge >= 0.3 is 0 Å². The Morgan fingerprint density at radius 3 is 2.38 bits per heavy atom. The van der Waals surface area contributed by atoms with Crippen LogP contribution >= 0.6 is 0 Å². The molecule has 5 nitrogen and oxygen atoms in total. The Kier molecular flexibility index (Phi) is 5.58. The first-order valence-electron chi connectivity index (χ1n) is 7.84. The third-order valence-electron chi connectivity index (χ3n) is 3.76. The number of ether oxygens (including phenoxy) is 1. The minimum Gasteiger partial charge on any atom is -0.482 e. The zero-order valence-corrected chi connectivity index (χ0v) is 14.2. The average molecular weight is 326 g/mol. The van der Waals surface area contributed by atoms with Gasteiger partial charge in [0.05, 0.1) is 5.69 Å². The molecule has 0 saturated carbocycles. The Labute approximate surface area is 141 Å². The molecule has 2 aromatic carbocycles. The Morgan fingerprint density at radius 2 is 1.79 bits per heavy atom. The Balaban J connectivity index is 2.00. The van der Waals surface area contributed by atoms with Gasteiger partial charge in [-0.05, 0) is 43.2 Å². The van der Waals surface area contributed by atoms with E-state index in [9.17, 15) is 9.59 Å². The van der Waals surface area contributed by atoms with Gasteiger partial charge in [0, 0.05) is 17.7 Å². The summed E-state index contributed by atoms with van der Waals surface area (Å²) in [5.41, 5.74) is 9.55. The van der Waals surface area contributed by atoms with Crippen LogP contribution in [0.2, 0.25) is 0 Å². The van der Waals surface area contributed by atoms with Gasteiger partial charge in [0.1, 0.15) is 5.75 Å². The fourth-order valence-corrected chi connectivity index (χ4v) is 2.39. The van der Waals surface area contributed by atoms with Crippen molar-refractivity contribution >= 4 is 23.1 Å². The van der Waals surface area contributed by atoms with Crippen molar-refractivity contribution < 1.29 is 14.3 Å². The lowest BCUT2D eigenvalue weighted by Gasteiger charge is -2.13. The molecule has 0 radical (unpaired) electrons. The van der Waals surface area contributed by atoms with Crippen LogP contribution < -0.4 is 15.8 Å². The van der Waals surface area contributed by atoms with E-state index in [2.05, 4.69) is 5.32 Å². The number of ketones is 1. The SMILES string of the molecule is CCC(=O)c1ccc(OCC(=O)Nc2c(C)cccc2C)c(N)c1. The van der Waals surface area contributed by atoms with Crippen molar-refractivity contribution in [3.05, 3.63) is 53.1 Å². The van der Waals surface area contributed by atoms with Crippen molar-refractivity contribution in [2.24, 2.45) is 0 Å². The topological polar surface area (TPSA) is 81.4 Å². The van der Waals surface area contributed by atoms with Gasteiger partial charge in [-0.1, -0.05) is 25.1 Å². The van der Waals surface area contributed by atoms with E-state index in [0.717, 1.165) is 16.8 Å². The predicted molar refractivity (Wildman–Crippen MR) is 95.5 cm³/mol. The van der Waals surface area contributed by atoms with Crippen LogP contribution in [0.15, 0.2) is 36.4 Å². The summed E-state index contributed by atoms with van der Waals surface area (Å²) >= 11 is 0. The number of nitrogen functional groups attached to an aromatic ring is 1. The molecule has 0 aliphatic rings. The summed E-state index contributed by atoms with van der Waals surface area (Å²) in [6, 6.07) is 10.7. The average Bonchev–Trinajstić information content (AvgIpc) is 2.56. The maximum atomic E-state index is 12.1. The van der Waals surface area contributed by atoms with E-state index in [1.165, 1.54) is 0 Å². The highest BCUT2D eigenvalue weighted by atomic mass is 16.5. The number of carbonyl (C=O) groups excluding carboxylic acids is 2. The molecular weight excluding hydrogens is 304 g/mol. The maximum Gasteiger partial charge on any atom is 0.262 e. The lowest BCUT2D eigenvalue weighted by Crippen LogP contribution is -2.21. The zero-order chi connectivity index (χ0) is 17.7. The van der Waals surface area contributed by atoms with Crippen molar-refractivity contribution in [1.29, 1.82) is 0 Å². The number of hydrogen-bond acceptors (Lipinski definition) is 4. The third-order valence-corrected chi connectivity index (χ3v) is 3.76. The maximum absolute atomic E-state index is 12.1. The summed E-state index contributed by atoms with van der Waals surface area (Å²) in [4.78, 5) is 23.7. The molecule has 0 saturated heterocycles. The quantitative estimate of drug-likeness (QED) is 0.629. The Bertz CT molecular complexity index is 749. The molecule has 0 aliphatic heterocycles. The van der Waals surface area contributed by atoms with Gasteiger partial charge in [-0.25, -0.2) is 0 Å². The van der Waals surface area contributed by atoms with E-state index in [-0.39, 0.29) is 18.3 Å². The number of rotatable bonds is 6. The van der Waals surface area contributed by atoms with Crippen LogP contribution in [0.4, 0.5) is 11.4 Å². The van der Waals surface area contributed by atoms with Gasteiger partial charge in [0.2, 0.25) is 0 Å². The van der Waals surface area contributed by atoms with Crippen molar-refractivity contribution in [1.82, 2.24) is 0 Å². The van der Waals surface area contributed by atoms with Gasteiger partial charge in [-0.2, -0.15) is 0 Å². The first-order chi connectivity index (χ1) is 11.4. The van der Waals surface area contributed by atoms with Crippen molar-refractivity contribution in [2.45, 2.75) is 27.2 Å². The summed E-state index contributed by atoms with van der Waals surface area (Å²) in [5, 5.41) is 2.85. The smallest absolute Gasteiger partial charge is 0.262 e. The normalized spacial score (nSPS) is 10.3. The summed E-state index contributed by atoms with van der Waals surface area (Å²) < 4.78 is 5.47. The number of Topliss-reactive ketones (excluding diaryl/α,β-unsaturated/α-hetero) is 1. The number of hydrogen-bond donors (Lipinski definition) is 2. The van der Waals surface area contributed by atoms with E-state index in [0.29, 0.717) is 23.4 Å². The molecule has 0 spiro atoms. The molecule has 0 bridgehead atoms. The van der Waals surface area contributed by atoms with Crippen LogP contribution in [-0.4, -0.2) is 18.3 Å². The van der Waals surface area contributed by atoms with Crippen molar-refractivity contribution in [2.75, 3.05) is 17.7 Å². The Hall–Kier alpha value is -2.82. The minimum atomic E-state index is -0.263. The summed E-state index contributed by atoms with van der Waals surface area (Å²) in [5.74, 6) is 0.140. The van der Waals surface area contributed by atoms with Gasteiger partial charge in [-0.3, -0.25) is 9.59 Å². The molecule has 3 N–H and O–H groups in total. The molecule has 2 aromatic rings. The summed E-state index contributed by atoms with van der Waals surface area (Å²) in [6.45, 7) is 5.51. The molecule has 0 atom stereocenters. The second kappa shape index (κ2) is 7.64. The number of benzene rings is 2. The first kappa shape index (κ1) is 17.5. The van der Waals surface area contributed by atoms with Crippen LogP contribution in [-0.2, 0) is 4.79 Å². The highest BCUT2D eigenvalue weighted by Gasteiger charge is 2.11. The molecule has 0 fully saturated rings. The van der Waals surface area contributed by atoms with E-state index in [1.54, 1.807) is 25.1 Å². The van der Waals surface area contributed by atoms with E-state index in [1.807, 2.05) is 32.0 Å². The van der Waals surface area contributed by atoms with Crippen LogP contribution in [0.25, 0.3) is 0 Å². The minimum absolute atomic E-state index is 0.0148. The number of para-hydroxylation sites is 1. The summed E-state index contributed by atoms with van der Waals surface area (Å²) in [7, 11) is 0. The molecular formula is C19H22N2O3. The Morgan fingerprint density at radius 1 is 1.12 bits per heavy atom. The number of anilines is 2.